The number of pyridine rings is 1. The van der Waals surface area contributed by atoms with Crippen LogP contribution in [0.2, 0.25) is 0 Å². The van der Waals surface area contributed by atoms with Crippen molar-refractivity contribution in [3.05, 3.63) is 164 Å². The molecule has 0 aliphatic heterocycles. The van der Waals surface area contributed by atoms with Crippen LogP contribution in [0.5, 0.6) is 0 Å². The summed E-state index contributed by atoms with van der Waals surface area (Å²) in [5, 5.41) is 31.5. The van der Waals surface area contributed by atoms with E-state index >= 15 is 0 Å². The normalized spacial score (nSPS) is 8.48. The number of nitrogens with zero attached hydrogens (tertiary/aromatic N) is 18. The van der Waals surface area contributed by atoms with Crippen LogP contribution in [0.15, 0.2) is 164 Å². The monoisotopic (exact) mass is 742 g/mol. The quantitative estimate of drug-likeness (QED) is 0.216. The van der Waals surface area contributed by atoms with Crippen LogP contribution in [0, 0.1) is 0 Å². The molecule has 52 heavy (non-hydrogen) atoms. The van der Waals surface area contributed by atoms with Gasteiger partial charge in [-0.2, -0.15) is 41.3 Å². The van der Waals surface area contributed by atoms with E-state index in [1.54, 1.807) is 132 Å². The van der Waals surface area contributed by atoms with Crippen molar-refractivity contribution in [2.75, 3.05) is 0 Å². The van der Waals surface area contributed by atoms with E-state index in [1.165, 1.54) is 22.2 Å². The number of hydrogen-bond donors (Lipinski definition) is 0. The molecule has 0 bridgehead atoms. The Kier molecular flexibility index (Phi) is 27.4. The van der Waals surface area contributed by atoms with Crippen molar-refractivity contribution in [3.63, 3.8) is 0 Å². The lowest BCUT2D eigenvalue weighted by Gasteiger charge is -1.77. The second-order valence-corrected chi connectivity index (χ2v) is 10.4. The summed E-state index contributed by atoms with van der Waals surface area (Å²) in [6, 6.07) is 11.6. The van der Waals surface area contributed by atoms with Crippen LogP contribution in [0.4, 0.5) is 0 Å². The first-order valence-electron chi connectivity index (χ1n) is 14.9. The van der Waals surface area contributed by atoms with Crippen LogP contribution in [-0.2, 0) is 35.2 Å². The van der Waals surface area contributed by atoms with Gasteiger partial charge in [0.05, 0.1) is 31.3 Å². The zero-order valence-corrected chi connectivity index (χ0v) is 31.1. The lowest BCUT2D eigenvalue weighted by atomic mass is 10.5. The third kappa shape index (κ3) is 30.7. The van der Waals surface area contributed by atoms with Gasteiger partial charge in [0, 0.05) is 102 Å². The van der Waals surface area contributed by atoms with E-state index < -0.39 is 0 Å². The molecule has 20 heteroatoms. The number of aromatic nitrogens is 18. The molecule has 9 aromatic heterocycles. The maximum Gasteiger partial charge on any atom is 0.162 e. The molecular weight excluding hydrogens is 701 g/mol. The molecule has 9 rings (SSSR count). The molecular formula is C32H42N18S2. The molecule has 0 spiro atoms. The molecule has 0 N–H and O–H groups in total. The van der Waals surface area contributed by atoms with Gasteiger partial charge in [-0.25, -0.2) is 9.97 Å². The summed E-state index contributed by atoms with van der Waals surface area (Å²) in [5.74, 6) is 0. The highest BCUT2D eigenvalue weighted by Gasteiger charge is 1.73. The Morgan fingerprint density at radius 1 is 0.404 bits per heavy atom. The fourth-order valence-corrected chi connectivity index (χ4v) is 3.21. The maximum absolute atomic E-state index is 3.83. The molecule has 272 valence electrons. The number of imidazole rings is 1. The van der Waals surface area contributed by atoms with E-state index in [-0.39, 0.29) is 0 Å². The Morgan fingerprint density at radius 3 is 1.27 bits per heavy atom. The summed E-state index contributed by atoms with van der Waals surface area (Å²) in [7, 11) is 9.15. The number of rotatable bonds is 0. The standard InChI is InChI=1S/C5H5N.2C4H6N2.C4H4N2.C4H4S.2C3H5N3.C3H3NS.C2H4N4/c1-2-4-6-5-3-1;1-6-3-2-5-4-6;1-6-4-2-3-5-6;1-2-6-4-3-5-1;1-2-4-5-3-1;1-6-3-4-2-5-6;1-6-4-2-3-5-6;1-2-5-3-4-1;1-6-4-2-3-5-6/h1-5H;2*2-4H,1H3;1-4H;1-4H;2*2-3H,1H3;1-3H;2H,1H3. The Hall–Kier alpha value is -6.67. The predicted octanol–water partition coefficient (Wildman–Crippen LogP) is 4.13. The molecule has 0 amide bonds. The summed E-state index contributed by atoms with van der Waals surface area (Å²) in [4.78, 5) is 25.3. The van der Waals surface area contributed by atoms with Gasteiger partial charge in [0.1, 0.15) is 12.7 Å². The number of aryl methyl sites for hydroxylation is 5. The third-order valence-corrected chi connectivity index (χ3v) is 5.76. The van der Waals surface area contributed by atoms with Gasteiger partial charge in [0.25, 0.3) is 0 Å². The predicted molar refractivity (Wildman–Crippen MR) is 200 cm³/mol. The van der Waals surface area contributed by atoms with Crippen molar-refractivity contribution >= 4 is 22.7 Å². The zero-order valence-electron chi connectivity index (χ0n) is 29.5. The first kappa shape index (κ1) is 43.4. The Bertz CT molecular complexity index is 1470. The van der Waals surface area contributed by atoms with E-state index in [1.807, 2.05) is 90.6 Å². The molecule has 0 aliphatic rings. The van der Waals surface area contributed by atoms with Gasteiger partial charge in [-0.05, 0) is 34.2 Å². The highest BCUT2D eigenvalue weighted by Crippen LogP contribution is 1.91. The Morgan fingerprint density at radius 2 is 1.10 bits per heavy atom. The molecule has 9 aromatic rings. The summed E-state index contributed by atoms with van der Waals surface area (Å²) in [6.45, 7) is 0. The topological polar surface area (TPSA) is 192 Å². The molecule has 0 unspecified atom stereocenters. The molecule has 9 heterocycles. The average Bonchev–Trinajstić information content (AvgIpc) is 4.02. The second-order valence-electron chi connectivity index (χ2n) is 8.81. The molecule has 0 aromatic carbocycles. The lowest BCUT2D eigenvalue weighted by molar-refractivity contribution is 0.630. The van der Waals surface area contributed by atoms with Gasteiger partial charge < -0.3 is 4.57 Å². The minimum absolute atomic E-state index is 1.39. The van der Waals surface area contributed by atoms with Gasteiger partial charge >= 0.3 is 0 Å². The van der Waals surface area contributed by atoms with Gasteiger partial charge in [-0.1, -0.05) is 18.2 Å². The molecule has 0 aliphatic carbocycles. The smallest absolute Gasteiger partial charge is 0.162 e. The SMILES string of the molecule is Cn1cccn1.Cn1ccnc1.Cn1cncn1.Cn1nccn1.Cn1ncnn1.c1ccncc1.c1ccsc1.c1cnccn1.c1cscn1. The largest absolute Gasteiger partial charge is 0.341 e. The number of thiophene rings is 1. The van der Waals surface area contributed by atoms with Gasteiger partial charge in [-0.3, -0.25) is 29.3 Å². The summed E-state index contributed by atoms with van der Waals surface area (Å²) in [5.41, 5.74) is 1.79. The minimum atomic E-state index is 1.39. The molecule has 0 saturated heterocycles. The van der Waals surface area contributed by atoms with E-state index in [2.05, 4.69) is 65.7 Å². The van der Waals surface area contributed by atoms with E-state index in [0.29, 0.717) is 0 Å². The highest BCUT2D eigenvalue weighted by molar-refractivity contribution is 7.07. The van der Waals surface area contributed by atoms with Crippen molar-refractivity contribution in [1.29, 1.82) is 0 Å². The van der Waals surface area contributed by atoms with E-state index in [0.717, 1.165) is 0 Å². The van der Waals surface area contributed by atoms with Crippen LogP contribution in [0.25, 0.3) is 0 Å². The Balaban J connectivity index is 0.000000293. The van der Waals surface area contributed by atoms with Crippen LogP contribution >= 0.6 is 22.7 Å². The fourth-order valence-electron chi connectivity index (χ4n) is 2.41. The number of thiazole rings is 1. The van der Waals surface area contributed by atoms with Crippen LogP contribution in [0.1, 0.15) is 0 Å². The van der Waals surface area contributed by atoms with Crippen LogP contribution in [0.3, 0.4) is 0 Å². The first-order valence-corrected chi connectivity index (χ1v) is 16.8. The third-order valence-electron chi connectivity index (χ3n) is 4.61. The average molecular weight is 743 g/mol. The van der Waals surface area contributed by atoms with Crippen molar-refractivity contribution in [3.8, 4) is 0 Å². The van der Waals surface area contributed by atoms with Crippen LogP contribution < -0.4 is 0 Å². The van der Waals surface area contributed by atoms with Gasteiger partial charge in [0.15, 0.2) is 6.33 Å². The second kappa shape index (κ2) is 32.9. The van der Waals surface area contributed by atoms with Crippen molar-refractivity contribution in [1.82, 2.24) is 89.2 Å². The van der Waals surface area contributed by atoms with Crippen molar-refractivity contribution < 1.29 is 0 Å². The van der Waals surface area contributed by atoms with Gasteiger partial charge in [-0.15, -0.1) is 21.5 Å². The first-order chi connectivity index (χ1) is 25.5. The minimum Gasteiger partial charge on any atom is -0.341 e. The maximum atomic E-state index is 3.83. The summed E-state index contributed by atoms with van der Waals surface area (Å²) < 4.78 is 5.28. The van der Waals surface area contributed by atoms with Gasteiger partial charge in [0.2, 0.25) is 0 Å². The molecule has 0 atom stereocenters. The number of hydrogen-bond acceptors (Lipinski definition) is 15. The molecule has 0 fully saturated rings. The summed E-state index contributed by atoms with van der Waals surface area (Å²) in [6.07, 6.45) is 28.7. The fraction of sp³-hybridized carbons (Fsp3) is 0.156. The van der Waals surface area contributed by atoms with Crippen molar-refractivity contribution in [2.45, 2.75) is 0 Å². The number of tetrazole rings is 1. The van der Waals surface area contributed by atoms with Crippen molar-refractivity contribution in [2.24, 2.45) is 35.2 Å². The molecule has 0 radical (unpaired) electrons. The van der Waals surface area contributed by atoms with E-state index in [9.17, 15) is 0 Å². The van der Waals surface area contributed by atoms with Crippen LogP contribution in [-0.4, -0.2) is 89.2 Å². The zero-order chi connectivity index (χ0) is 37.6. The highest BCUT2D eigenvalue weighted by atomic mass is 32.1. The van der Waals surface area contributed by atoms with E-state index in [4.69, 9.17) is 0 Å². The summed E-state index contributed by atoms with van der Waals surface area (Å²) >= 11 is 3.31. The molecule has 0 saturated carbocycles. The molecule has 18 nitrogen and oxygen atoms in total. The Labute approximate surface area is 310 Å². The lowest BCUT2D eigenvalue weighted by Crippen LogP contribution is -1.90.